The van der Waals surface area contributed by atoms with Gasteiger partial charge in [0.05, 0.1) is 22.8 Å². The molecule has 2 aliphatic rings. The van der Waals surface area contributed by atoms with Crippen molar-refractivity contribution < 1.29 is 13.9 Å². The molecule has 0 bridgehead atoms. The third-order valence-electron chi connectivity index (χ3n) is 9.16. The van der Waals surface area contributed by atoms with Crippen LogP contribution in [0.4, 0.5) is 10.1 Å². The molecule has 1 saturated carbocycles. The number of aromatic nitrogens is 7. The normalized spacial score (nSPS) is 15.6. The van der Waals surface area contributed by atoms with Crippen molar-refractivity contribution in [3.05, 3.63) is 67.0 Å². The predicted octanol–water partition coefficient (Wildman–Crippen LogP) is 6.37. The van der Waals surface area contributed by atoms with Crippen LogP contribution in [0, 0.1) is 11.7 Å². The number of H-pyrrole nitrogens is 2. The van der Waals surface area contributed by atoms with E-state index in [0.29, 0.717) is 51.9 Å². The van der Waals surface area contributed by atoms with Gasteiger partial charge in [-0.3, -0.25) is 19.8 Å². The minimum Gasteiger partial charge on any atom is -0.492 e. The molecule has 11 nitrogen and oxygen atoms in total. The van der Waals surface area contributed by atoms with Gasteiger partial charge in [0.25, 0.3) is 0 Å². The first kappa shape index (κ1) is 29.2. The van der Waals surface area contributed by atoms with Crippen molar-refractivity contribution in [2.75, 3.05) is 31.6 Å². The molecule has 1 aliphatic heterocycles. The molecule has 5 aromatic heterocycles. The fourth-order valence-corrected chi connectivity index (χ4v) is 6.71. The van der Waals surface area contributed by atoms with Crippen molar-refractivity contribution >= 4 is 33.8 Å². The number of anilines is 1. The highest BCUT2D eigenvalue weighted by Crippen LogP contribution is 2.34. The van der Waals surface area contributed by atoms with E-state index in [1.165, 1.54) is 25.0 Å². The molecule has 1 saturated heterocycles. The van der Waals surface area contributed by atoms with Crippen molar-refractivity contribution in [3.8, 4) is 39.5 Å². The number of hydrogen-bond acceptors (Lipinski definition) is 8. The number of nitrogens with one attached hydrogen (secondary N) is 3. The molecule has 12 heteroatoms. The van der Waals surface area contributed by atoms with Gasteiger partial charge in [-0.1, -0.05) is 12.8 Å². The number of imidazole rings is 1. The molecule has 6 aromatic rings. The standard InChI is InChI=1S/C35H34FN9O2/c36-25-13-22(15-27(17-25)47-12-11-45-9-3-4-10-45)28-7-8-38-33-30(28)41-34(42-33)31-29-16-24(19-39-32(29)44-43-31)23-14-26(20-37-18-23)40-35(46)21-5-1-2-6-21/h7-8,13-21H,1-6,9-12H2,(H,40,46)(H,38,41,42)(H,39,43,44). The topological polar surface area (TPSA) is 138 Å². The van der Waals surface area contributed by atoms with E-state index in [4.69, 9.17) is 9.72 Å². The second-order valence-corrected chi connectivity index (χ2v) is 12.3. The smallest absolute Gasteiger partial charge is 0.227 e. The molecular weight excluding hydrogens is 597 g/mol. The zero-order valence-electron chi connectivity index (χ0n) is 25.8. The fourth-order valence-electron chi connectivity index (χ4n) is 6.71. The van der Waals surface area contributed by atoms with Gasteiger partial charge in [0.2, 0.25) is 5.91 Å². The maximum atomic E-state index is 14.8. The van der Waals surface area contributed by atoms with Gasteiger partial charge in [-0.05, 0) is 74.7 Å². The van der Waals surface area contributed by atoms with Gasteiger partial charge in [0.15, 0.2) is 17.1 Å². The van der Waals surface area contributed by atoms with Crippen molar-refractivity contribution in [2.24, 2.45) is 5.92 Å². The predicted molar refractivity (Wildman–Crippen MR) is 177 cm³/mol. The van der Waals surface area contributed by atoms with Gasteiger partial charge in [-0.2, -0.15) is 5.10 Å². The SMILES string of the molecule is O=C(Nc1cncc(-c2cnc3n[nH]c(-c4nc5nccc(-c6cc(F)cc(OCCN7CCCC7)c6)c5[nH]4)c3c2)c1)C1CCCC1. The highest BCUT2D eigenvalue weighted by molar-refractivity contribution is 5.97. The Bertz CT molecular complexity index is 2080. The summed E-state index contributed by atoms with van der Waals surface area (Å²) < 4.78 is 20.8. The van der Waals surface area contributed by atoms with Crippen LogP contribution >= 0.6 is 0 Å². The van der Waals surface area contributed by atoms with E-state index in [-0.39, 0.29) is 17.6 Å². The minimum atomic E-state index is -0.377. The molecule has 1 amide bonds. The third-order valence-corrected chi connectivity index (χ3v) is 9.16. The number of carbonyl (C=O) groups is 1. The van der Waals surface area contributed by atoms with Gasteiger partial charge >= 0.3 is 0 Å². The van der Waals surface area contributed by atoms with E-state index in [1.807, 2.05) is 24.3 Å². The van der Waals surface area contributed by atoms with Crippen LogP contribution in [0.2, 0.25) is 0 Å². The molecule has 0 radical (unpaired) electrons. The summed E-state index contributed by atoms with van der Waals surface area (Å²) in [6.07, 6.45) is 13.3. The summed E-state index contributed by atoms with van der Waals surface area (Å²) in [5, 5.41) is 11.3. The number of pyridine rings is 3. The maximum absolute atomic E-state index is 14.8. The van der Waals surface area contributed by atoms with E-state index in [1.54, 1.807) is 24.8 Å². The average Bonchev–Trinajstić information content (AvgIpc) is 3.91. The summed E-state index contributed by atoms with van der Waals surface area (Å²) in [7, 11) is 0. The summed E-state index contributed by atoms with van der Waals surface area (Å²) in [5.74, 6) is 0.738. The number of rotatable bonds is 9. The molecule has 1 aromatic carbocycles. The lowest BCUT2D eigenvalue weighted by atomic mass is 10.1. The number of halogens is 1. The van der Waals surface area contributed by atoms with Crippen LogP contribution in [0.3, 0.4) is 0 Å². The Balaban J connectivity index is 1.08. The highest BCUT2D eigenvalue weighted by Gasteiger charge is 2.23. The van der Waals surface area contributed by atoms with E-state index in [2.05, 4.69) is 40.3 Å². The third kappa shape index (κ3) is 6.03. The lowest BCUT2D eigenvalue weighted by molar-refractivity contribution is -0.119. The maximum Gasteiger partial charge on any atom is 0.227 e. The Labute approximate surface area is 270 Å². The van der Waals surface area contributed by atoms with Crippen molar-refractivity contribution in [1.82, 2.24) is 40.0 Å². The second kappa shape index (κ2) is 12.5. The zero-order chi connectivity index (χ0) is 31.7. The highest BCUT2D eigenvalue weighted by atomic mass is 19.1. The van der Waals surface area contributed by atoms with Crippen molar-refractivity contribution in [3.63, 3.8) is 0 Å². The largest absolute Gasteiger partial charge is 0.492 e. The van der Waals surface area contributed by atoms with Crippen LogP contribution in [0.5, 0.6) is 5.75 Å². The number of carbonyl (C=O) groups excluding carboxylic acids is 1. The Kier molecular flexibility index (Phi) is 7.78. The molecule has 0 unspecified atom stereocenters. The van der Waals surface area contributed by atoms with E-state index in [9.17, 15) is 9.18 Å². The van der Waals surface area contributed by atoms with Crippen LogP contribution in [0.15, 0.2) is 61.2 Å². The molecule has 3 N–H and O–H groups in total. The number of hydrogen-bond donors (Lipinski definition) is 3. The van der Waals surface area contributed by atoms with E-state index < -0.39 is 0 Å². The Hall–Kier alpha value is -5.23. The summed E-state index contributed by atoms with van der Waals surface area (Å²) in [6.45, 7) is 3.49. The number of ether oxygens (including phenoxy) is 1. The molecular formula is C35H34FN9O2. The number of fused-ring (bicyclic) bond motifs is 2. The fraction of sp³-hybridized carbons (Fsp3) is 0.314. The van der Waals surface area contributed by atoms with E-state index >= 15 is 0 Å². The van der Waals surface area contributed by atoms with Gasteiger partial charge in [0, 0.05) is 53.8 Å². The summed E-state index contributed by atoms with van der Waals surface area (Å²) >= 11 is 0. The van der Waals surface area contributed by atoms with Gasteiger partial charge in [0.1, 0.15) is 23.9 Å². The number of likely N-dealkylation sites (tertiary alicyclic amines) is 1. The molecule has 0 spiro atoms. The Morgan fingerprint density at radius 3 is 2.68 bits per heavy atom. The van der Waals surface area contributed by atoms with Crippen LogP contribution in [-0.2, 0) is 4.79 Å². The van der Waals surface area contributed by atoms with E-state index in [0.717, 1.165) is 67.4 Å². The first-order valence-corrected chi connectivity index (χ1v) is 16.2. The molecule has 8 rings (SSSR count). The molecule has 0 atom stereocenters. The average molecular weight is 632 g/mol. The number of aromatic amines is 2. The Morgan fingerprint density at radius 1 is 0.957 bits per heavy atom. The Morgan fingerprint density at radius 2 is 1.81 bits per heavy atom. The lowest BCUT2D eigenvalue weighted by Gasteiger charge is -2.15. The first-order valence-electron chi connectivity index (χ1n) is 16.2. The molecule has 1 aliphatic carbocycles. The quantitative estimate of drug-likeness (QED) is 0.167. The molecule has 6 heterocycles. The van der Waals surface area contributed by atoms with Crippen molar-refractivity contribution in [1.29, 1.82) is 0 Å². The van der Waals surface area contributed by atoms with Crippen LogP contribution in [0.25, 0.3) is 56.0 Å². The van der Waals surface area contributed by atoms with Crippen LogP contribution in [0.1, 0.15) is 38.5 Å². The van der Waals surface area contributed by atoms with Gasteiger partial charge in [-0.25, -0.2) is 19.3 Å². The van der Waals surface area contributed by atoms with Crippen LogP contribution in [-0.4, -0.2) is 72.2 Å². The molecule has 238 valence electrons. The lowest BCUT2D eigenvalue weighted by Crippen LogP contribution is -2.25. The number of benzene rings is 1. The summed E-state index contributed by atoms with van der Waals surface area (Å²) in [6, 6.07) is 10.5. The summed E-state index contributed by atoms with van der Waals surface area (Å²) in [5.41, 5.74) is 6.01. The van der Waals surface area contributed by atoms with Crippen LogP contribution < -0.4 is 10.1 Å². The minimum absolute atomic E-state index is 0.0459. The monoisotopic (exact) mass is 631 g/mol. The second-order valence-electron chi connectivity index (χ2n) is 12.3. The molecule has 2 fully saturated rings. The first-order chi connectivity index (χ1) is 23.1. The van der Waals surface area contributed by atoms with Crippen molar-refractivity contribution in [2.45, 2.75) is 38.5 Å². The van der Waals surface area contributed by atoms with Gasteiger partial charge < -0.3 is 15.0 Å². The van der Waals surface area contributed by atoms with Gasteiger partial charge in [-0.15, -0.1) is 0 Å². The number of amides is 1. The molecule has 47 heavy (non-hydrogen) atoms. The zero-order valence-corrected chi connectivity index (χ0v) is 25.8. The number of nitrogens with zero attached hydrogens (tertiary/aromatic N) is 6. The summed E-state index contributed by atoms with van der Waals surface area (Å²) in [4.78, 5) is 36.6.